The van der Waals surface area contributed by atoms with Gasteiger partial charge >= 0.3 is 0 Å². The second-order valence-electron chi connectivity index (χ2n) is 13.2. The first-order valence-corrected chi connectivity index (χ1v) is 18.7. The lowest BCUT2D eigenvalue weighted by atomic mass is 9.85. The maximum atomic E-state index is 2.45. The average Bonchev–Trinajstić information content (AvgIpc) is 3.76. The number of hydrogen-bond acceptors (Lipinski definition) is 2. The molecular formula is C48H28S2. The van der Waals surface area contributed by atoms with Gasteiger partial charge < -0.3 is 0 Å². The van der Waals surface area contributed by atoms with Gasteiger partial charge in [-0.15, -0.1) is 22.7 Å². The summed E-state index contributed by atoms with van der Waals surface area (Å²) in [7, 11) is 0. The first kappa shape index (κ1) is 28.1. The summed E-state index contributed by atoms with van der Waals surface area (Å²) in [6, 6.07) is 63.0. The van der Waals surface area contributed by atoms with Gasteiger partial charge in [0.25, 0.3) is 0 Å². The van der Waals surface area contributed by atoms with Gasteiger partial charge in [-0.25, -0.2) is 0 Å². The third-order valence-corrected chi connectivity index (χ3v) is 13.0. The highest BCUT2D eigenvalue weighted by molar-refractivity contribution is 7.33. The van der Waals surface area contributed by atoms with Crippen LogP contribution in [-0.4, -0.2) is 0 Å². The van der Waals surface area contributed by atoms with Gasteiger partial charge in [0.15, 0.2) is 0 Å². The first-order chi connectivity index (χ1) is 24.8. The fourth-order valence-electron chi connectivity index (χ4n) is 8.21. The molecule has 0 aliphatic carbocycles. The van der Waals surface area contributed by atoms with Gasteiger partial charge in [0, 0.05) is 30.9 Å². The summed E-state index contributed by atoms with van der Waals surface area (Å²) in [6.45, 7) is 0. The number of benzene rings is 9. The van der Waals surface area contributed by atoms with Crippen LogP contribution in [0.15, 0.2) is 170 Å². The Bertz CT molecular complexity index is 3080. The van der Waals surface area contributed by atoms with Gasteiger partial charge in [0.1, 0.15) is 0 Å². The molecule has 0 amide bonds. The Morgan fingerprint density at radius 2 is 0.780 bits per heavy atom. The Kier molecular flexibility index (Phi) is 6.09. The molecule has 0 aliphatic heterocycles. The van der Waals surface area contributed by atoms with E-state index in [4.69, 9.17) is 0 Å². The maximum absolute atomic E-state index is 2.45. The van der Waals surface area contributed by atoms with E-state index in [1.807, 2.05) is 22.7 Å². The molecule has 0 N–H and O–H groups in total. The molecule has 2 aromatic heterocycles. The van der Waals surface area contributed by atoms with Crippen molar-refractivity contribution < 1.29 is 0 Å². The topological polar surface area (TPSA) is 0 Å². The zero-order chi connectivity index (χ0) is 32.8. The van der Waals surface area contributed by atoms with Crippen LogP contribution in [-0.2, 0) is 0 Å². The zero-order valence-corrected chi connectivity index (χ0v) is 28.6. The van der Waals surface area contributed by atoms with E-state index in [0.717, 1.165) is 0 Å². The van der Waals surface area contributed by atoms with Crippen LogP contribution in [0.4, 0.5) is 0 Å². The normalized spacial score (nSPS) is 12.0. The van der Waals surface area contributed by atoms with Crippen molar-refractivity contribution in [3.8, 4) is 33.4 Å². The van der Waals surface area contributed by atoms with Crippen molar-refractivity contribution in [2.75, 3.05) is 0 Å². The highest BCUT2D eigenvalue weighted by Crippen LogP contribution is 2.49. The summed E-state index contributed by atoms with van der Waals surface area (Å²) in [5, 5.41) is 13.0. The lowest BCUT2D eigenvalue weighted by Gasteiger charge is -2.18. The van der Waals surface area contributed by atoms with Crippen molar-refractivity contribution >= 4 is 95.3 Å². The minimum Gasteiger partial charge on any atom is -0.134 e. The molecule has 0 bridgehead atoms. The van der Waals surface area contributed by atoms with Gasteiger partial charge in [-0.3, -0.25) is 0 Å². The van der Waals surface area contributed by atoms with Gasteiger partial charge in [0.05, 0.1) is 9.40 Å². The predicted molar refractivity (Wildman–Crippen MR) is 221 cm³/mol. The van der Waals surface area contributed by atoms with Crippen molar-refractivity contribution in [1.29, 1.82) is 0 Å². The molecule has 0 radical (unpaired) electrons. The Hall–Kier alpha value is -5.80. The maximum Gasteiger partial charge on any atom is 0.0540 e. The standard InChI is InChI=1S/C48H28S2/c1-2-12-32-27-33(26-21-29(32)11-1)45-37-16-5-3-14-35(37)44(36-15-4-6-17-38(36)45)31-24-22-30(23-25-31)40-28-41-34-13-7-9-19-42(34)49-47(41)48-46(40)39-18-8-10-20-43(39)50-48/h1-28H. The molecule has 11 aromatic rings. The van der Waals surface area contributed by atoms with Crippen molar-refractivity contribution in [2.45, 2.75) is 0 Å². The van der Waals surface area contributed by atoms with Crippen LogP contribution in [0, 0.1) is 0 Å². The van der Waals surface area contributed by atoms with Crippen LogP contribution in [0.1, 0.15) is 0 Å². The fraction of sp³-hybridized carbons (Fsp3) is 0. The van der Waals surface area contributed by atoms with Crippen LogP contribution >= 0.6 is 22.7 Å². The first-order valence-electron chi connectivity index (χ1n) is 17.1. The Morgan fingerprint density at radius 1 is 0.300 bits per heavy atom. The molecule has 0 aliphatic rings. The predicted octanol–water partition coefficient (Wildman–Crippen LogP) is 14.9. The molecule has 0 fully saturated rings. The third-order valence-electron chi connectivity index (χ3n) is 10.4. The lowest BCUT2D eigenvalue weighted by molar-refractivity contribution is 1.65. The van der Waals surface area contributed by atoms with Crippen molar-refractivity contribution in [2.24, 2.45) is 0 Å². The number of thiophene rings is 2. The highest BCUT2D eigenvalue weighted by Gasteiger charge is 2.20. The quantitative estimate of drug-likeness (QED) is 0.164. The average molecular weight is 669 g/mol. The molecule has 11 rings (SSSR count). The van der Waals surface area contributed by atoms with E-state index >= 15 is 0 Å². The summed E-state index contributed by atoms with van der Waals surface area (Å²) >= 11 is 3.85. The van der Waals surface area contributed by atoms with Crippen molar-refractivity contribution in [3.05, 3.63) is 170 Å². The smallest absolute Gasteiger partial charge is 0.0540 e. The molecule has 232 valence electrons. The summed E-state index contributed by atoms with van der Waals surface area (Å²) in [5.41, 5.74) is 7.63. The van der Waals surface area contributed by atoms with Gasteiger partial charge in [-0.1, -0.05) is 146 Å². The lowest BCUT2D eigenvalue weighted by Crippen LogP contribution is -1.91. The Labute approximate surface area is 297 Å². The zero-order valence-electron chi connectivity index (χ0n) is 27.0. The number of hydrogen-bond donors (Lipinski definition) is 0. The Balaban J connectivity index is 1.14. The van der Waals surface area contributed by atoms with Crippen LogP contribution in [0.5, 0.6) is 0 Å². The highest BCUT2D eigenvalue weighted by atomic mass is 32.1. The monoisotopic (exact) mass is 668 g/mol. The molecule has 50 heavy (non-hydrogen) atoms. The summed E-state index contributed by atoms with van der Waals surface area (Å²) in [4.78, 5) is 0. The van der Waals surface area contributed by atoms with Crippen LogP contribution < -0.4 is 0 Å². The van der Waals surface area contributed by atoms with E-state index in [-0.39, 0.29) is 0 Å². The fourth-order valence-corrected chi connectivity index (χ4v) is 10.8. The minimum atomic E-state index is 1.24. The third kappa shape index (κ3) is 4.10. The van der Waals surface area contributed by atoms with Gasteiger partial charge in [0.2, 0.25) is 0 Å². The van der Waals surface area contributed by atoms with E-state index in [1.54, 1.807) is 0 Å². The molecular weight excluding hydrogens is 641 g/mol. The van der Waals surface area contributed by atoms with E-state index in [0.29, 0.717) is 0 Å². The largest absolute Gasteiger partial charge is 0.134 e. The van der Waals surface area contributed by atoms with Crippen LogP contribution in [0.2, 0.25) is 0 Å². The molecule has 0 unspecified atom stereocenters. The van der Waals surface area contributed by atoms with E-state index in [2.05, 4.69) is 170 Å². The number of fused-ring (bicyclic) bond motifs is 10. The van der Waals surface area contributed by atoms with Crippen LogP contribution in [0.3, 0.4) is 0 Å². The Morgan fingerprint density at radius 3 is 1.46 bits per heavy atom. The molecule has 0 saturated heterocycles. The SMILES string of the molecule is c1ccc2cc(-c3c4ccccc4c(-c4ccc(-c5cc6c7ccccc7sc6c6sc7ccccc7c56)cc4)c4ccccc34)ccc2c1. The van der Waals surface area contributed by atoms with Gasteiger partial charge in [-0.2, -0.15) is 0 Å². The molecule has 2 heterocycles. The van der Waals surface area contributed by atoms with E-state index in [9.17, 15) is 0 Å². The van der Waals surface area contributed by atoms with Gasteiger partial charge in [-0.05, 0) is 90.0 Å². The second-order valence-corrected chi connectivity index (χ2v) is 15.3. The molecule has 0 spiro atoms. The summed E-state index contributed by atoms with van der Waals surface area (Å²) in [6.07, 6.45) is 0. The van der Waals surface area contributed by atoms with Crippen molar-refractivity contribution in [1.82, 2.24) is 0 Å². The number of rotatable bonds is 3. The minimum absolute atomic E-state index is 1.24. The molecule has 0 atom stereocenters. The van der Waals surface area contributed by atoms with E-state index in [1.165, 1.54) is 106 Å². The van der Waals surface area contributed by atoms with E-state index < -0.39 is 0 Å². The summed E-state index contributed by atoms with van der Waals surface area (Å²) < 4.78 is 5.48. The molecule has 0 nitrogen and oxygen atoms in total. The molecule has 2 heteroatoms. The molecule has 9 aromatic carbocycles. The molecule has 0 saturated carbocycles. The van der Waals surface area contributed by atoms with Crippen LogP contribution in [0.25, 0.3) is 106 Å². The summed E-state index contributed by atoms with van der Waals surface area (Å²) in [5.74, 6) is 0. The van der Waals surface area contributed by atoms with Crippen molar-refractivity contribution in [3.63, 3.8) is 0 Å². The second kappa shape index (κ2) is 10.9.